The van der Waals surface area contributed by atoms with Gasteiger partial charge in [-0.1, -0.05) is 46.0 Å². The average molecular weight is 307 g/mol. The van der Waals surface area contributed by atoms with Gasteiger partial charge in [0.05, 0.1) is 5.56 Å². The van der Waals surface area contributed by atoms with Crippen molar-refractivity contribution in [2.75, 3.05) is 0 Å². The minimum absolute atomic E-state index is 0.0214. The van der Waals surface area contributed by atoms with Gasteiger partial charge < -0.3 is 14.8 Å². The SMILES string of the molecule is CCCCC[C@H]1c2c(cc(C)[nH]c2=O)O[C@@H](O)[C@@H]1CCCC. The van der Waals surface area contributed by atoms with Crippen molar-refractivity contribution in [1.82, 2.24) is 4.98 Å². The summed E-state index contributed by atoms with van der Waals surface area (Å²) >= 11 is 0. The van der Waals surface area contributed by atoms with E-state index in [2.05, 4.69) is 18.8 Å². The third-order valence-electron chi connectivity index (χ3n) is 4.68. The van der Waals surface area contributed by atoms with Crippen molar-refractivity contribution in [2.24, 2.45) is 5.92 Å². The lowest BCUT2D eigenvalue weighted by Gasteiger charge is -2.37. The molecule has 1 aliphatic rings. The summed E-state index contributed by atoms with van der Waals surface area (Å²) in [6, 6.07) is 1.84. The van der Waals surface area contributed by atoms with E-state index < -0.39 is 6.29 Å². The van der Waals surface area contributed by atoms with Crippen LogP contribution in [0.3, 0.4) is 0 Å². The second-order valence-corrected chi connectivity index (χ2v) is 6.48. The van der Waals surface area contributed by atoms with E-state index >= 15 is 0 Å². The zero-order valence-electron chi connectivity index (χ0n) is 14.0. The number of pyridine rings is 1. The second kappa shape index (κ2) is 7.82. The fourth-order valence-electron chi connectivity index (χ4n) is 3.50. The van der Waals surface area contributed by atoms with E-state index in [9.17, 15) is 9.90 Å². The number of aliphatic hydroxyl groups excluding tert-OH is 1. The van der Waals surface area contributed by atoms with Crippen molar-refractivity contribution < 1.29 is 9.84 Å². The van der Waals surface area contributed by atoms with Crippen LogP contribution >= 0.6 is 0 Å². The maximum Gasteiger partial charge on any atom is 0.255 e. The number of fused-ring (bicyclic) bond motifs is 1. The maximum absolute atomic E-state index is 12.4. The molecule has 0 saturated carbocycles. The van der Waals surface area contributed by atoms with Crippen LogP contribution in [0.5, 0.6) is 5.75 Å². The summed E-state index contributed by atoms with van der Waals surface area (Å²) in [6.45, 7) is 6.16. The first-order valence-electron chi connectivity index (χ1n) is 8.67. The highest BCUT2D eigenvalue weighted by Gasteiger charge is 2.38. The molecule has 1 aromatic rings. The molecule has 22 heavy (non-hydrogen) atoms. The molecule has 4 nitrogen and oxygen atoms in total. The van der Waals surface area contributed by atoms with Crippen LogP contribution in [0.1, 0.15) is 76.0 Å². The third kappa shape index (κ3) is 3.72. The Morgan fingerprint density at radius 3 is 2.59 bits per heavy atom. The van der Waals surface area contributed by atoms with Gasteiger partial charge in [-0.3, -0.25) is 4.79 Å². The van der Waals surface area contributed by atoms with Gasteiger partial charge in [-0.05, 0) is 25.8 Å². The minimum atomic E-state index is -0.799. The predicted octanol–water partition coefficient (Wildman–Crippen LogP) is 3.86. The number of aryl methyl sites for hydroxylation is 1. The molecule has 2 heterocycles. The quantitative estimate of drug-likeness (QED) is 0.752. The van der Waals surface area contributed by atoms with Crippen molar-refractivity contribution in [3.05, 3.63) is 27.7 Å². The number of aromatic amines is 1. The number of H-pyrrole nitrogens is 1. The van der Waals surface area contributed by atoms with Crippen LogP contribution in [0.15, 0.2) is 10.9 Å². The molecule has 0 radical (unpaired) electrons. The Balaban J connectivity index is 2.34. The van der Waals surface area contributed by atoms with Gasteiger partial charge in [0, 0.05) is 17.5 Å². The molecule has 0 spiro atoms. The molecule has 0 saturated heterocycles. The Morgan fingerprint density at radius 1 is 1.18 bits per heavy atom. The van der Waals surface area contributed by atoms with E-state index in [1.165, 1.54) is 0 Å². The van der Waals surface area contributed by atoms with E-state index in [0.717, 1.165) is 56.2 Å². The molecule has 0 aromatic carbocycles. The maximum atomic E-state index is 12.4. The molecule has 2 rings (SSSR count). The van der Waals surface area contributed by atoms with Crippen molar-refractivity contribution in [2.45, 2.75) is 77.9 Å². The van der Waals surface area contributed by atoms with Crippen LogP contribution in [0.2, 0.25) is 0 Å². The summed E-state index contributed by atoms with van der Waals surface area (Å²) in [7, 11) is 0. The molecule has 2 N–H and O–H groups in total. The first-order chi connectivity index (χ1) is 10.6. The molecule has 124 valence electrons. The lowest BCUT2D eigenvalue weighted by Crippen LogP contribution is -2.39. The Labute approximate surface area is 132 Å². The summed E-state index contributed by atoms with van der Waals surface area (Å²) in [5, 5.41) is 10.4. The van der Waals surface area contributed by atoms with Crippen LogP contribution in [0, 0.1) is 12.8 Å². The Kier molecular flexibility index (Phi) is 6.07. The van der Waals surface area contributed by atoms with Gasteiger partial charge in [-0.15, -0.1) is 0 Å². The summed E-state index contributed by atoms with van der Waals surface area (Å²) < 4.78 is 5.68. The zero-order valence-corrected chi connectivity index (χ0v) is 14.0. The molecule has 0 fully saturated rings. The van der Waals surface area contributed by atoms with Crippen LogP contribution in [0.25, 0.3) is 0 Å². The second-order valence-electron chi connectivity index (χ2n) is 6.48. The highest BCUT2D eigenvalue weighted by Crippen LogP contribution is 2.42. The molecular formula is C18H29NO3. The third-order valence-corrected chi connectivity index (χ3v) is 4.68. The molecule has 0 bridgehead atoms. The van der Waals surface area contributed by atoms with Gasteiger partial charge in [0.25, 0.3) is 5.56 Å². The van der Waals surface area contributed by atoms with Crippen LogP contribution in [-0.2, 0) is 0 Å². The van der Waals surface area contributed by atoms with Crippen molar-refractivity contribution in [3.8, 4) is 5.75 Å². The Bertz CT molecular complexity index is 538. The predicted molar refractivity (Wildman–Crippen MR) is 88.3 cm³/mol. The number of nitrogens with one attached hydrogen (secondary N) is 1. The summed E-state index contributed by atoms with van der Waals surface area (Å²) in [6.07, 6.45) is 6.59. The number of aromatic nitrogens is 1. The Morgan fingerprint density at radius 2 is 1.91 bits per heavy atom. The van der Waals surface area contributed by atoms with Gasteiger partial charge in [-0.25, -0.2) is 0 Å². The Hall–Kier alpha value is -1.29. The van der Waals surface area contributed by atoms with Crippen molar-refractivity contribution >= 4 is 0 Å². The average Bonchev–Trinajstić information content (AvgIpc) is 2.45. The van der Waals surface area contributed by atoms with E-state index in [1.807, 2.05) is 13.0 Å². The first-order valence-corrected chi connectivity index (χ1v) is 8.67. The number of unbranched alkanes of at least 4 members (excludes halogenated alkanes) is 3. The van der Waals surface area contributed by atoms with Crippen molar-refractivity contribution in [3.63, 3.8) is 0 Å². The van der Waals surface area contributed by atoms with Gasteiger partial charge in [0.15, 0.2) is 0 Å². The smallest absolute Gasteiger partial charge is 0.255 e. The highest BCUT2D eigenvalue weighted by atomic mass is 16.6. The molecule has 0 amide bonds. The number of hydrogen-bond acceptors (Lipinski definition) is 3. The molecule has 3 atom stereocenters. The van der Waals surface area contributed by atoms with E-state index in [-0.39, 0.29) is 17.4 Å². The van der Waals surface area contributed by atoms with Gasteiger partial charge >= 0.3 is 0 Å². The molecular weight excluding hydrogens is 278 g/mol. The molecule has 1 aliphatic heterocycles. The van der Waals surface area contributed by atoms with E-state index in [1.54, 1.807) is 0 Å². The summed E-state index contributed by atoms with van der Waals surface area (Å²) in [4.78, 5) is 15.3. The van der Waals surface area contributed by atoms with Gasteiger partial charge in [-0.2, -0.15) is 0 Å². The lowest BCUT2D eigenvalue weighted by atomic mass is 9.77. The molecule has 1 aromatic heterocycles. The van der Waals surface area contributed by atoms with Crippen LogP contribution in [-0.4, -0.2) is 16.4 Å². The van der Waals surface area contributed by atoms with E-state index in [4.69, 9.17) is 4.74 Å². The summed E-state index contributed by atoms with van der Waals surface area (Å²) in [5.41, 5.74) is 1.47. The topological polar surface area (TPSA) is 62.3 Å². The largest absolute Gasteiger partial charge is 0.464 e. The first kappa shape index (κ1) is 17.1. The standard InChI is InChI=1S/C18H29NO3/c1-4-6-8-10-13-14(9-7-5-2)18(21)22-15-11-12(3)19-17(20)16(13)15/h11,13-14,18,21H,4-10H2,1-3H3,(H,19,20)/t13-,14-,18-/m1/s1. The fourth-order valence-corrected chi connectivity index (χ4v) is 3.50. The number of hydrogen-bond donors (Lipinski definition) is 2. The van der Waals surface area contributed by atoms with E-state index in [0.29, 0.717) is 5.75 Å². The minimum Gasteiger partial charge on any atom is -0.464 e. The van der Waals surface area contributed by atoms with Crippen molar-refractivity contribution in [1.29, 1.82) is 0 Å². The summed E-state index contributed by atoms with van der Waals surface area (Å²) in [5.74, 6) is 0.692. The van der Waals surface area contributed by atoms with Crippen LogP contribution in [0.4, 0.5) is 0 Å². The number of rotatable bonds is 7. The van der Waals surface area contributed by atoms with Gasteiger partial charge in [0.2, 0.25) is 6.29 Å². The highest BCUT2D eigenvalue weighted by molar-refractivity contribution is 5.38. The number of ether oxygens (including phenoxy) is 1. The molecule has 0 unspecified atom stereocenters. The number of aliphatic hydroxyl groups is 1. The monoisotopic (exact) mass is 307 g/mol. The van der Waals surface area contributed by atoms with Crippen LogP contribution < -0.4 is 10.3 Å². The molecule has 4 heteroatoms. The normalized spacial score (nSPS) is 23.9. The lowest BCUT2D eigenvalue weighted by molar-refractivity contribution is -0.0874. The molecule has 0 aliphatic carbocycles. The fraction of sp³-hybridized carbons (Fsp3) is 0.722. The zero-order chi connectivity index (χ0) is 16.1. The van der Waals surface area contributed by atoms with Gasteiger partial charge in [0.1, 0.15) is 5.75 Å².